The van der Waals surface area contributed by atoms with E-state index in [1.54, 1.807) is 0 Å². The Hall–Kier alpha value is -1.55. The zero-order valence-electron chi connectivity index (χ0n) is 9.82. The highest BCUT2D eigenvalue weighted by Gasteiger charge is 2.25. The van der Waals surface area contributed by atoms with Gasteiger partial charge in [0.15, 0.2) is 0 Å². The summed E-state index contributed by atoms with van der Waals surface area (Å²) in [4.78, 5) is 11.8. The Balaban J connectivity index is 2.00. The number of nitrogens with two attached hydrogens (primary N) is 1. The Morgan fingerprint density at radius 3 is 2.82 bits per heavy atom. The summed E-state index contributed by atoms with van der Waals surface area (Å²) in [7, 11) is 0. The molecule has 2 rings (SSSR count). The lowest BCUT2D eigenvalue weighted by atomic mass is 9.85. The molecule has 1 saturated carbocycles. The van der Waals surface area contributed by atoms with E-state index in [1.807, 2.05) is 24.3 Å². The zero-order valence-corrected chi connectivity index (χ0v) is 9.82. The van der Waals surface area contributed by atoms with Crippen LogP contribution in [0.3, 0.4) is 0 Å². The first kappa shape index (κ1) is 11.9. The second-order valence-corrected chi connectivity index (χ2v) is 4.25. The van der Waals surface area contributed by atoms with Gasteiger partial charge in [0, 0.05) is 12.5 Å². The molecule has 17 heavy (non-hydrogen) atoms. The Labute approximate surface area is 101 Å². The molecule has 4 nitrogen and oxygen atoms in total. The van der Waals surface area contributed by atoms with Crippen LogP contribution in [0, 0.1) is 5.92 Å². The quantitative estimate of drug-likeness (QED) is 0.816. The highest BCUT2D eigenvalue weighted by molar-refractivity contribution is 5.94. The van der Waals surface area contributed by atoms with Gasteiger partial charge in [-0.3, -0.25) is 4.79 Å². The number of hydrogen-bond donors (Lipinski definition) is 2. The van der Waals surface area contributed by atoms with Crippen molar-refractivity contribution in [1.82, 2.24) is 0 Å². The molecule has 0 aromatic heterocycles. The molecule has 0 saturated heterocycles. The van der Waals surface area contributed by atoms with Crippen LogP contribution in [0.2, 0.25) is 0 Å². The molecule has 1 aliphatic rings. The number of para-hydroxylation sites is 2. The lowest BCUT2D eigenvalue weighted by Gasteiger charge is -2.24. The van der Waals surface area contributed by atoms with Crippen LogP contribution < -0.4 is 15.8 Å². The van der Waals surface area contributed by atoms with Crippen molar-refractivity contribution in [2.24, 2.45) is 11.7 Å². The third kappa shape index (κ3) is 2.97. The second-order valence-electron chi connectivity index (χ2n) is 4.25. The molecular weight excluding hydrogens is 216 g/mol. The van der Waals surface area contributed by atoms with Crippen LogP contribution in [0.15, 0.2) is 24.3 Å². The summed E-state index contributed by atoms with van der Waals surface area (Å²) < 4.78 is 5.48. The Morgan fingerprint density at radius 1 is 1.41 bits per heavy atom. The number of anilines is 1. The molecule has 0 aliphatic heterocycles. The highest BCUT2D eigenvalue weighted by Crippen LogP contribution is 2.30. The molecule has 1 aliphatic carbocycles. The van der Waals surface area contributed by atoms with Gasteiger partial charge in [0.25, 0.3) is 0 Å². The number of ether oxygens (including phenoxy) is 1. The van der Waals surface area contributed by atoms with Crippen molar-refractivity contribution >= 4 is 11.6 Å². The minimum atomic E-state index is 0.0973. The van der Waals surface area contributed by atoms with E-state index >= 15 is 0 Å². The summed E-state index contributed by atoms with van der Waals surface area (Å²) in [6.45, 7) is 0.918. The fourth-order valence-corrected chi connectivity index (χ4v) is 1.77. The minimum Gasteiger partial charge on any atom is -0.490 e. The van der Waals surface area contributed by atoms with Crippen LogP contribution in [0.4, 0.5) is 5.69 Å². The van der Waals surface area contributed by atoms with E-state index in [-0.39, 0.29) is 11.8 Å². The molecule has 1 aromatic carbocycles. The van der Waals surface area contributed by atoms with Crippen molar-refractivity contribution in [3.8, 4) is 5.75 Å². The molecule has 4 heteroatoms. The number of rotatable bonds is 5. The van der Waals surface area contributed by atoms with Gasteiger partial charge in [-0.1, -0.05) is 18.6 Å². The van der Waals surface area contributed by atoms with E-state index in [4.69, 9.17) is 10.5 Å². The molecule has 0 radical (unpaired) electrons. The predicted molar refractivity (Wildman–Crippen MR) is 67.0 cm³/mol. The largest absolute Gasteiger partial charge is 0.490 e. The Morgan fingerprint density at radius 2 is 2.18 bits per heavy atom. The summed E-state index contributed by atoms with van der Waals surface area (Å²) in [5.41, 5.74) is 6.13. The molecule has 0 spiro atoms. The van der Waals surface area contributed by atoms with E-state index in [0.717, 1.165) is 24.9 Å². The van der Waals surface area contributed by atoms with Crippen LogP contribution in [0.5, 0.6) is 5.75 Å². The molecule has 3 N–H and O–H groups in total. The van der Waals surface area contributed by atoms with Gasteiger partial charge in [-0.15, -0.1) is 0 Å². The van der Waals surface area contributed by atoms with Crippen molar-refractivity contribution in [2.45, 2.75) is 19.3 Å². The molecule has 0 heterocycles. The average molecular weight is 234 g/mol. The van der Waals surface area contributed by atoms with Crippen LogP contribution in [-0.2, 0) is 4.79 Å². The molecule has 1 amide bonds. The van der Waals surface area contributed by atoms with E-state index in [2.05, 4.69) is 5.32 Å². The number of benzene rings is 1. The van der Waals surface area contributed by atoms with Crippen LogP contribution >= 0.6 is 0 Å². The van der Waals surface area contributed by atoms with Gasteiger partial charge in [0.05, 0.1) is 5.69 Å². The van der Waals surface area contributed by atoms with Gasteiger partial charge >= 0.3 is 0 Å². The summed E-state index contributed by atoms with van der Waals surface area (Å²) in [6, 6.07) is 7.45. The third-order valence-corrected chi connectivity index (χ3v) is 3.00. The molecule has 1 fully saturated rings. The van der Waals surface area contributed by atoms with Gasteiger partial charge in [0.2, 0.25) is 5.91 Å². The maximum Gasteiger partial charge on any atom is 0.227 e. The number of amides is 1. The third-order valence-electron chi connectivity index (χ3n) is 3.00. The van der Waals surface area contributed by atoms with E-state index in [1.165, 1.54) is 0 Å². The first-order valence-electron chi connectivity index (χ1n) is 6.04. The molecule has 0 atom stereocenters. The number of carbonyl (C=O) groups excluding carboxylic acids is 1. The fourth-order valence-electron chi connectivity index (χ4n) is 1.77. The van der Waals surface area contributed by atoms with Gasteiger partial charge in [0.1, 0.15) is 12.4 Å². The molecule has 0 bridgehead atoms. The fraction of sp³-hybridized carbons (Fsp3) is 0.462. The smallest absolute Gasteiger partial charge is 0.227 e. The van der Waals surface area contributed by atoms with Crippen molar-refractivity contribution in [1.29, 1.82) is 0 Å². The minimum absolute atomic E-state index is 0.0973. The lowest BCUT2D eigenvalue weighted by molar-refractivity contribution is -0.122. The Kier molecular flexibility index (Phi) is 3.98. The topological polar surface area (TPSA) is 64.3 Å². The van der Waals surface area contributed by atoms with Gasteiger partial charge < -0.3 is 15.8 Å². The summed E-state index contributed by atoms with van der Waals surface area (Å²) in [5, 5.41) is 2.92. The predicted octanol–water partition coefficient (Wildman–Crippen LogP) is 1.76. The van der Waals surface area contributed by atoms with Gasteiger partial charge in [-0.2, -0.15) is 0 Å². The normalized spacial score (nSPS) is 15.1. The highest BCUT2D eigenvalue weighted by atomic mass is 16.5. The second kappa shape index (κ2) is 5.68. The molecule has 1 aromatic rings. The maximum absolute atomic E-state index is 11.8. The van der Waals surface area contributed by atoms with Gasteiger partial charge in [-0.05, 0) is 25.0 Å². The van der Waals surface area contributed by atoms with Gasteiger partial charge in [-0.25, -0.2) is 0 Å². The summed E-state index contributed by atoms with van der Waals surface area (Å²) >= 11 is 0. The van der Waals surface area contributed by atoms with Crippen LogP contribution in [-0.4, -0.2) is 19.1 Å². The van der Waals surface area contributed by atoms with Crippen LogP contribution in [0.1, 0.15) is 19.3 Å². The first-order chi connectivity index (χ1) is 8.31. The van der Waals surface area contributed by atoms with Crippen LogP contribution in [0.25, 0.3) is 0 Å². The number of carbonyl (C=O) groups is 1. The summed E-state index contributed by atoms with van der Waals surface area (Å²) in [6.07, 6.45) is 3.15. The molecule has 0 unspecified atom stereocenters. The standard InChI is InChI=1S/C13H18N2O2/c14-8-9-17-12-7-2-1-6-11(12)15-13(16)10-4-3-5-10/h1-2,6-7,10H,3-5,8-9,14H2,(H,15,16). The van der Waals surface area contributed by atoms with E-state index < -0.39 is 0 Å². The van der Waals surface area contributed by atoms with Crippen molar-refractivity contribution in [3.05, 3.63) is 24.3 Å². The van der Waals surface area contributed by atoms with E-state index in [9.17, 15) is 4.79 Å². The first-order valence-corrected chi connectivity index (χ1v) is 6.04. The van der Waals surface area contributed by atoms with Crippen molar-refractivity contribution < 1.29 is 9.53 Å². The van der Waals surface area contributed by atoms with Crippen molar-refractivity contribution in [3.63, 3.8) is 0 Å². The maximum atomic E-state index is 11.8. The lowest BCUT2D eigenvalue weighted by Crippen LogP contribution is -2.28. The zero-order chi connectivity index (χ0) is 12.1. The molecular formula is C13H18N2O2. The number of nitrogens with one attached hydrogen (secondary N) is 1. The monoisotopic (exact) mass is 234 g/mol. The molecule has 92 valence electrons. The average Bonchev–Trinajstić information content (AvgIpc) is 2.25. The SMILES string of the molecule is NCCOc1ccccc1NC(=O)C1CCC1. The Bertz CT molecular complexity index is 389. The summed E-state index contributed by atoms with van der Waals surface area (Å²) in [5.74, 6) is 0.961. The number of hydrogen-bond acceptors (Lipinski definition) is 3. The van der Waals surface area contributed by atoms with Crippen molar-refractivity contribution in [2.75, 3.05) is 18.5 Å². The van der Waals surface area contributed by atoms with E-state index in [0.29, 0.717) is 18.9 Å².